The Morgan fingerprint density at radius 3 is 2.41 bits per heavy atom. The summed E-state index contributed by atoms with van der Waals surface area (Å²) in [6, 6.07) is 0. The third-order valence-electron chi connectivity index (χ3n) is 3.28. The zero-order valence-corrected chi connectivity index (χ0v) is 15.3. The normalized spacial score (nSPS) is 23.9. The Balaban J connectivity index is 0.000000534. The third-order valence-corrected chi connectivity index (χ3v) is 3.63. The van der Waals surface area contributed by atoms with Crippen molar-refractivity contribution in [2.75, 3.05) is 26.7 Å². The van der Waals surface area contributed by atoms with E-state index in [9.17, 15) is 4.79 Å². The molecule has 0 unspecified atom stereocenters. The number of likely N-dealkylation sites (N-methyl/N-ethyl adjacent to an activating group) is 1. The smallest absolute Gasteiger partial charge is 0.228 e. The number of amides is 1. The number of halogens is 1. The fourth-order valence-corrected chi connectivity index (χ4v) is 2.25. The quantitative estimate of drug-likeness (QED) is 0.834. The molecule has 1 amide bonds. The molecule has 4 nitrogen and oxygen atoms in total. The van der Waals surface area contributed by atoms with Gasteiger partial charge in [0.2, 0.25) is 5.91 Å². The maximum atomic E-state index is 11.5. The van der Waals surface area contributed by atoms with Crippen molar-refractivity contribution in [1.29, 1.82) is 0 Å². The van der Waals surface area contributed by atoms with Crippen LogP contribution in [-0.2, 0) is 4.79 Å². The Morgan fingerprint density at radius 2 is 1.95 bits per heavy atom. The second-order valence-electron chi connectivity index (χ2n) is 5.45. The Bertz CT molecular complexity index is 453. The van der Waals surface area contributed by atoms with E-state index in [0.29, 0.717) is 11.5 Å². The van der Waals surface area contributed by atoms with E-state index in [-0.39, 0.29) is 5.91 Å². The molecule has 0 aromatic carbocycles. The van der Waals surface area contributed by atoms with Crippen LogP contribution in [0.25, 0.3) is 0 Å². The van der Waals surface area contributed by atoms with E-state index in [1.165, 1.54) is 0 Å². The van der Waals surface area contributed by atoms with Gasteiger partial charge in [0, 0.05) is 30.2 Å². The molecule has 1 aliphatic rings. The second kappa shape index (κ2) is 11.5. The van der Waals surface area contributed by atoms with Crippen LogP contribution in [0.2, 0.25) is 0 Å². The lowest BCUT2D eigenvalue weighted by Crippen LogP contribution is -2.24. The summed E-state index contributed by atoms with van der Waals surface area (Å²) in [5.41, 5.74) is 8.16. The van der Waals surface area contributed by atoms with Crippen molar-refractivity contribution in [2.45, 2.75) is 40.5 Å². The van der Waals surface area contributed by atoms with E-state index >= 15 is 0 Å². The number of allylic oxidation sites excluding steroid dienone is 5. The van der Waals surface area contributed by atoms with Crippen molar-refractivity contribution in [3.63, 3.8) is 0 Å². The molecule has 0 radical (unpaired) electrons. The summed E-state index contributed by atoms with van der Waals surface area (Å²) in [6.07, 6.45) is 5.09. The Labute approximate surface area is 140 Å². The van der Waals surface area contributed by atoms with E-state index in [1.54, 1.807) is 6.08 Å². The third kappa shape index (κ3) is 9.03. The first-order chi connectivity index (χ1) is 10.3. The number of carbonyl (C=O) groups is 1. The monoisotopic (exact) mass is 327 g/mol. The molecule has 0 saturated carbocycles. The standard InChI is InChI=1S/C12H16ClNO.C5H14N2/c1-4-10-5-8(2)6-12(15)14-9(3)7-11(10)13;1-3-7(2)5-4-6/h5,7H,4,6H2,1-3H3,(H,14,15);3-6H2,1-2H3/b8-5+,9-7+,11-10+;. The Kier molecular flexibility index (Phi) is 10.9. The van der Waals surface area contributed by atoms with Gasteiger partial charge in [0.25, 0.3) is 0 Å². The minimum Gasteiger partial charge on any atom is -0.330 e. The maximum absolute atomic E-state index is 11.5. The molecule has 0 spiro atoms. The highest BCUT2D eigenvalue weighted by atomic mass is 35.5. The SMILES string of the molecule is CCC1=C(Cl)/C=C(\C)NC(=O)C\C(C)=C\1.CCN(C)CCN. The van der Waals surface area contributed by atoms with Crippen LogP contribution >= 0.6 is 11.6 Å². The van der Waals surface area contributed by atoms with Crippen LogP contribution in [0.3, 0.4) is 0 Å². The summed E-state index contributed by atoms with van der Waals surface area (Å²) >= 11 is 6.15. The van der Waals surface area contributed by atoms with Crippen molar-refractivity contribution < 1.29 is 4.79 Å². The van der Waals surface area contributed by atoms with Crippen LogP contribution in [0, 0.1) is 0 Å². The van der Waals surface area contributed by atoms with E-state index < -0.39 is 0 Å². The van der Waals surface area contributed by atoms with Crippen molar-refractivity contribution in [3.05, 3.63) is 34.0 Å². The summed E-state index contributed by atoms with van der Waals surface area (Å²) in [7, 11) is 2.06. The lowest BCUT2D eigenvalue weighted by atomic mass is 10.1. The molecule has 0 saturated heterocycles. The van der Waals surface area contributed by atoms with Crippen LogP contribution in [-0.4, -0.2) is 37.5 Å². The van der Waals surface area contributed by atoms with Gasteiger partial charge < -0.3 is 16.0 Å². The minimum atomic E-state index is 0.0133. The molecule has 0 aromatic heterocycles. The van der Waals surface area contributed by atoms with Crippen LogP contribution in [0.1, 0.15) is 40.5 Å². The molecule has 5 heteroatoms. The molecule has 1 aliphatic heterocycles. The van der Waals surface area contributed by atoms with E-state index in [4.69, 9.17) is 17.3 Å². The summed E-state index contributed by atoms with van der Waals surface area (Å²) < 4.78 is 0. The van der Waals surface area contributed by atoms with Gasteiger partial charge in [-0.2, -0.15) is 0 Å². The predicted octanol–water partition coefficient (Wildman–Crippen LogP) is 3.16. The highest BCUT2D eigenvalue weighted by molar-refractivity contribution is 6.31. The van der Waals surface area contributed by atoms with Gasteiger partial charge in [-0.25, -0.2) is 0 Å². The first kappa shape index (κ1) is 20.9. The van der Waals surface area contributed by atoms with Gasteiger partial charge >= 0.3 is 0 Å². The number of hydrogen-bond acceptors (Lipinski definition) is 3. The Morgan fingerprint density at radius 1 is 1.32 bits per heavy atom. The number of nitrogens with one attached hydrogen (secondary N) is 1. The van der Waals surface area contributed by atoms with Gasteiger partial charge in [0.1, 0.15) is 0 Å². The number of carbonyl (C=O) groups excluding carboxylic acids is 1. The topological polar surface area (TPSA) is 58.4 Å². The number of hydrogen-bond donors (Lipinski definition) is 2. The first-order valence-electron chi connectivity index (χ1n) is 7.76. The number of nitrogens with zero attached hydrogens (tertiary/aromatic N) is 1. The van der Waals surface area contributed by atoms with Crippen molar-refractivity contribution >= 4 is 17.5 Å². The van der Waals surface area contributed by atoms with Gasteiger partial charge in [0.05, 0.1) is 0 Å². The van der Waals surface area contributed by atoms with Crippen LogP contribution in [0.15, 0.2) is 34.0 Å². The minimum absolute atomic E-state index is 0.0133. The van der Waals surface area contributed by atoms with Crippen molar-refractivity contribution in [1.82, 2.24) is 10.2 Å². The zero-order chi connectivity index (χ0) is 17.1. The molecule has 0 aliphatic carbocycles. The maximum Gasteiger partial charge on any atom is 0.228 e. The van der Waals surface area contributed by atoms with Crippen molar-refractivity contribution in [2.24, 2.45) is 5.73 Å². The van der Waals surface area contributed by atoms with Crippen molar-refractivity contribution in [3.8, 4) is 0 Å². The average molecular weight is 328 g/mol. The van der Waals surface area contributed by atoms with Gasteiger partial charge in [-0.1, -0.05) is 37.1 Å². The van der Waals surface area contributed by atoms with Crippen LogP contribution in [0.5, 0.6) is 0 Å². The van der Waals surface area contributed by atoms with Crippen LogP contribution in [0.4, 0.5) is 0 Å². The molecular weight excluding hydrogens is 298 g/mol. The number of nitrogens with two attached hydrogens (primary N) is 1. The van der Waals surface area contributed by atoms with Gasteiger partial charge in [-0.15, -0.1) is 0 Å². The molecule has 22 heavy (non-hydrogen) atoms. The van der Waals surface area contributed by atoms with E-state index in [2.05, 4.69) is 31.1 Å². The molecule has 3 N–H and O–H groups in total. The van der Waals surface area contributed by atoms with Gasteiger partial charge in [-0.3, -0.25) is 4.79 Å². The van der Waals surface area contributed by atoms with E-state index in [0.717, 1.165) is 42.9 Å². The fraction of sp³-hybridized carbons (Fsp3) is 0.588. The molecular formula is C17H30ClN3O. The molecule has 1 heterocycles. The second-order valence-corrected chi connectivity index (χ2v) is 5.86. The average Bonchev–Trinajstić information content (AvgIpc) is 2.48. The Hall–Kier alpha value is -1.10. The molecule has 1 rings (SSSR count). The fourth-order valence-electron chi connectivity index (χ4n) is 1.90. The first-order valence-corrected chi connectivity index (χ1v) is 8.14. The predicted molar refractivity (Wildman–Crippen MR) is 95.7 cm³/mol. The molecule has 0 fully saturated rings. The summed E-state index contributed by atoms with van der Waals surface area (Å²) in [5, 5.41) is 3.50. The van der Waals surface area contributed by atoms with E-state index in [1.807, 2.05) is 19.9 Å². The zero-order valence-electron chi connectivity index (χ0n) is 14.5. The largest absolute Gasteiger partial charge is 0.330 e. The number of rotatable bonds is 4. The lowest BCUT2D eigenvalue weighted by molar-refractivity contribution is -0.119. The van der Waals surface area contributed by atoms with Gasteiger partial charge in [-0.05, 0) is 45.5 Å². The highest BCUT2D eigenvalue weighted by Crippen LogP contribution is 2.20. The summed E-state index contributed by atoms with van der Waals surface area (Å²) in [5.74, 6) is 0.0133. The van der Waals surface area contributed by atoms with Crippen LogP contribution < -0.4 is 11.1 Å². The summed E-state index contributed by atoms with van der Waals surface area (Å²) in [4.78, 5) is 13.6. The summed E-state index contributed by atoms with van der Waals surface area (Å²) in [6.45, 7) is 10.8. The molecule has 0 bridgehead atoms. The molecule has 0 aromatic rings. The molecule has 126 valence electrons. The highest BCUT2D eigenvalue weighted by Gasteiger charge is 2.08. The molecule has 0 atom stereocenters. The van der Waals surface area contributed by atoms with Gasteiger partial charge in [0.15, 0.2) is 0 Å². The lowest BCUT2D eigenvalue weighted by Gasteiger charge is -2.10.